The van der Waals surface area contributed by atoms with Gasteiger partial charge in [-0.2, -0.15) is 8.42 Å². The van der Waals surface area contributed by atoms with Crippen LogP contribution in [0.2, 0.25) is 0 Å². The maximum Gasteiger partial charge on any atom is 0.297 e. The summed E-state index contributed by atoms with van der Waals surface area (Å²) in [6.45, 7) is 9.09. The van der Waals surface area contributed by atoms with Crippen LogP contribution in [0.25, 0.3) is 0 Å². The van der Waals surface area contributed by atoms with E-state index >= 15 is 0 Å². The second-order valence-corrected chi connectivity index (χ2v) is 5.11. The molecule has 0 aliphatic carbocycles. The molecule has 0 aliphatic heterocycles. The van der Waals surface area contributed by atoms with Crippen molar-refractivity contribution in [2.45, 2.75) is 25.1 Å². The van der Waals surface area contributed by atoms with Gasteiger partial charge < -0.3 is 5.32 Å². The van der Waals surface area contributed by atoms with Gasteiger partial charge >= 0.3 is 0 Å². The summed E-state index contributed by atoms with van der Waals surface area (Å²) in [6, 6.07) is 0. The first-order chi connectivity index (χ1) is 7.62. The molecule has 0 spiro atoms. The summed E-state index contributed by atoms with van der Waals surface area (Å²) in [5.41, 5.74) is -0.0890. The van der Waals surface area contributed by atoms with Crippen LogP contribution in [0.4, 0.5) is 0 Å². The topological polar surface area (TPSA) is 101 Å². The third-order valence-corrected chi connectivity index (χ3v) is 3.66. The fourth-order valence-electron chi connectivity index (χ4n) is 1.26. The van der Waals surface area contributed by atoms with E-state index in [-0.39, 0.29) is 12.0 Å². The Morgan fingerprint density at radius 1 is 1.47 bits per heavy atom. The molecule has 0 saturated carbocycles. The number of ketones is 1. The Morgan fingerprint density at radius 2 is 1.94 bits per heavy atom. The van der Waals surface area contributed by atoms with E-state index in [0.29, 0.717) is 0 Å². The standard InChI is InChI=1S/C10H15NO5S/c1-5-8(12)11-10(6-2,17(14,15)16)9(13)7(3)4/h5H,1,3,6H2,2,4H3,(H,11,12)(H,14,15,16). The lowest BCUT2D eigenvalue weighted by molar-refractivity contribution is -0.125. The fraction of sp³-hybridized carbons (Fsp3) is 0.400. The maximum atomic E-state index is 11.8. The Morgan fingerprint density at radius 3 is 2.18 bits per heavy atom. The Labute approximate surface area is 100 Å². The number of rotatable bonds is 6. The molecule has 17 heavy (non-hydrogen) atoms. The van der Waals surface area contributed by atoms with Gasteiger partial charge in [-0.15, -0.1) is 0 Å². The second kappa shape index (κ2) is 5.24. The van der Waals surface area contributed by atoms with Gasteiger partial charge in [-0.1, -0.05) is 20.1 Å². The zero-order chi connectivity index (χ0) is 13.9. The average Bonchev–Trinajstić information content (AvgIpc) is 2.22. The fourth-order valence-corrected chi connectivity index (χ4v) is 2.27. The van der Waals surface area contributed by atoms with Gasteiger partial charge in [0.05, 0.1) is 0 Å². The van der Waals surface area contributed by atoms with Crippen LogP contribution < -0.4 is 5.32 Å². The van der Waals surface area contributed by atoms with Crippen molar-refractivity contribution in [3.05, 3.63) is 24.8 Å². The van der Waals surface area contributed by atoms with E-state index in [1.54, 1.807) is 0 Å². The van der Waals surface area contributed by atoms with Crippen LogP contribution in [-0.4, -0.2) is 29.5 Å². The monoisotopic (exact) mass is 261 g/mol. The van der Waals surface area contributed by atoms with Crippen molar-refractivity contribution < 1.29 is 22.6 Å². The lowest BCUT2D eigenvalue weighted by Crippen LogP contribution is -2.59. The summed E-state index contributed by atoms with van der Waals surface area (Å²) >= 11 is 0. The summed E-state index contributed by atoms with van der Waals surface area (Å²) in [7, 11) is -4.82. The van der Waals surface area contributed by atoms with Crippen molar-refractivity contribution in [1.82, 2.24) is 5.32 Å². The molecule has 96 valence electrons. The summed E-state index contributed by atoms with van der Waals surface area (Å²) in [6.07, 6.45) is 0.485. The van der Waals surface area contributed by atoms with Gasteiger partial charge in [0.1, 0.15) is 0 Å². The summed E-state index contributed by atoms with van der Waals surface area (Å²) in [5, 5.41) is 1.95. The predicted octanol–water partition coefficient (Wildman–Crippen LogP) is 0.428. The minimum absolute atomic E-state index is 0.0890. The van der Waals surface area contributed by atoms with Crippen LogP contribution in [0.1, 0.15) is 20.3 Å². The van der Waals surface area contributed by atoms with E-state index < -0.39 is 26.7 Å². The SMILES string of the molecule is C=CC(=O)NC(CC)(C(=O)C(=C)C)S(=O)(=O)O. The normalized spacial score (nSPS) is 14.5. The molecule has 0 aromatic carbocycles. The Bertz CT molecular complexity index is 465. The predicted molar refractivity (Wildman–Crippen MR) is 62.7 cm³/mol. The first-order valence-electron chi connectivity index (χ1n) is 4.74. The maximum absolute atomic E-state index is 11.8. The van der Waals surface area contributed by atoms with Crippen LogP contribution in [0.5, 0.6) is 0 Å². The third-order valence-electron chi connectivity index (χ3n) is 2.20. The van der Waals surface area contributed by atoms with Gasteiger partial charge in [0.15, 0.2) is 0 Å². The number of Topliss-reactive ketones (excluding diaryl/α,β-unsaturated/α-hetero) is 1. The summed E-state index contributed by atoms with van der Waals surface area (Å²) in [4.78, 5) is 20.6. The van der Waals surface area contributed by atoms with Gasteiger partial charge in [0.2, 0.25) is 16.6 Å². The lowest BCUT2D eigenvalue weighted by Gasteiger charge is -2.28. The van der Waals surface area contributed by atoms with Crippen LogP contribution in [0, 0.1) is 0 Å². The van der Waals surface area contributed by atoms with Crippen LogP contribution in [0.15, 0.2) is 24.8 Å². The minimum atomic E-state index is -4.82. The number of hydrogen-bond donors (Lipinski definition) is 2. The minimum Gasteiger partial charge on any atom is -0.325 e. The van der Waals surface area contributed by atoms with Crippen molar-refractivity contribution in [3.8, 4) is 0 Å². The first-order valence-corrected chi connectivity index (χ1v) is 6.18. The number of hydrogen-bond acceptors (Lipinski definition) is 4. The zero-order valence-corrected chi connectivity index (χ0v) is 10.5. The van der Waals surface area contributed by atoms with Crippen LogP contribution >= 0.6 is 0 Å². The molecule has 1 amide bonds. The van der Waals surface area contributed by atoms with Crippen molar-refractivity contribution in [1.29, 1.82) is 0 Å². The Hall–Kier alpha value is -1.47. The molecule has 0 aromatic heterocycles. The van der Waals surface area contributed by atoms with Crippen molar-refractivity contribution >= 4 is 21.8 Å². The molecule has 0 aliphatic rings. The van der Waals surface area contributed by atoms with E-state index in [4.69, 9.17) is 4.55 Å². The lowest BCUT2D eigenvalue weighted by atomic mass is 10.0. The summed E-state index contributed by atoms with van der Waals surface area (Å²) < 4.78 is 31.8. The third kappa shape index (κ3) is 3.01. The van der Waals surface area contributed by atoms with Gasteiger partial charge in [0, 0.05) is 0 Å². The van der Waals surface area contributed by atoms with Gasteiger partial charge in [-0.05, 0) is 25.0 Å². The molecule has 6 nitrogen and oxygen atoms in total. The molecule has 0 aromatic rings. The molecule has 0 rings (SSSR count). The van der Waals surface area contributed by atoms with Crippen molar-refractivity contribution in [3.63, 3.8) is 0 Å². The van der Waals surface area contributed by atoms with Gasteiger partial charge in [-0.3, -0.25) is 14.1 Å². The zero-order valence-electron chi connectivity index (χ0n) is 9.69. The van der Waals surface area contributed by atoms with E-state index in [1.807, 2.05) is 5.32 Å². The van der Waals surface area contributed by atoms with Gasteiger partial charge in [-0.25, -0.2) is 0 Å². The molecule has 1 atom stereocenters. The van der Waals surface area contributed by atoms with E-state index in [9.17, 15) is 18.0 Å². The Balaban J connectivity index is 5.80. The molecule has 2 N–H and O–H groups in total. The number of carbonyl (C=O) groups excluding carboxylic acids is 2. The van der Waals surface area contributed by atoms with Crippen LogP contribution in [0.3, 0.4) is 0 Å². The van der Waals surface area contributed by atoms with E-state index in [0.717, 1.165) is 6.08 Å². The highest BCUT2D eigenvalue weighted by Gasteiger charge is 2.49. The number of amides is 1. The molecule has 1 unspecified atom stereocenters. The highest BCUT2D eigenvalue weighted by atomic mass is 32.2. The number of nitrogens with one attached hydrogen (secondary N) is 1. The largest absolute Gasteiger partial charge is 0.325 e. The highest BCUT2D eigenvalue weighted by molar-refractivity contribution is 7.88. The first kappa shape index (κ1) is 15.5. The molecule has 0 saturated heterocycles. The molecule has 7 heteroatoms. The number of carbonyl (C=O) groups is 2. The van der Waals surface area contributed by atoms with Crippen molar-refractivity contribution in [2.75, 3.05) is 0 Å². The molecule has 0 heterocycles. The second-order valence-electron chi connectivity index (χ2n) is 3.46. The molecule has 0 fully saturated rings. The molecular formula is C10H15NO5S. The highest BCUT2D eigenvalue weighted by Crippen LogP contribution is 2.22. The van der Waals surface area contributed by atoms with E-state index in [1.165, 1.54) is 13.8 Å². The van der Waals surface area contributed by atoms with Crippen molar-refractivity contribution in [2.24, 2.45) is 0 Å². The quantitative estimate of drug-likeness (QED) is 0.533. The molecule has 0 radical (unpaired) electrons. The molecule has 0 bridgehead atoms. The average molecular weight is 261 g/mol. The summed E-state index contributed by atoms with van der Waals surface area (Å²) in [5.74, 6) is -1.84. The van der Waals surface area contributed by atoms with E-state index in [2.05, 4.69) is 13.2 Å². The smallest absolute Gasteiger partial charge is 0.297 e. The van der Waals surface area contributed by atoms with Crippen LogP contribution in [-0.2, 0) is 19.7 Å². The Kier molecular flexibility index (Phi) is 4.79. The molecular weight excluding hydrogens is 246 g/mol. The van der Waals surface area contributed by atoms with Gasteiger partial charge in [0.25, 0.3) is 10.1 Å².